The van der Waals surface area contributed by atoms with Crippen LogP contribution < -0.4 is 10.2 Å². The minimum atomic E-state index is 0.713. The van der Waals surface area contributed by atoms with Gasteiger partial charge >= 0.3 is 0 Å². The molecular weight excluding hydrogens is 240 g/mol. The van der Waals surface area contributed by atoms with E-state index in [1.165, 1.54) is 0 Å². The lowest BCUT2D eigenvalue weighted by atomic mass is 10.1. The Morgan fingerprint density at radius 3 is 2.50 bits per heavy atom. The van der Waals surface area contributed by atoms with Gasteiger partial charge in [0, 0.05) is 20.1 Å². The van der Waals surface area contributed by atoms with Crippen LogP contribution in [0.5, 0.6) is 0 Å². The van der Waals surface area contributed by atoms with Crippen molar-refractivity contribution >= 4 is 30.1 Å². The van der Waals surface area contributed by atoms with Crippen LogP contribution in [0.15, 0.2) is 0 Å². The van der Waals surface area contributed by atoms with Crippen molar-refractivity contribution in [3.05, 3.63) is 14.6 Å². The van der Waals surface area contributed by atoms with E-state index in [9.17, 15) is 0 Å². The average Bonchev–Trinajstić information content (AvgIpc) is 2.28. The first-order chi connectivity index (χ1) is 7.59. The second-order valence-electron chi connectivity index (χ2n) is 3.77. The van der Waals surface area contributed by atoms with Crippen molar-refractivity contribution in [2.45, 2.75) is 6.92 Å². The summed E-state index contributed by atoms with van der Waals surface area (Å²) in [6, 6.07) is 0. The molecular formula is C11H18N2OS2. The SMILES string of the molecule is CNCCOCCN(C)c1c(C)c(=S)c1=S. The van der Waals surface area contributed by atoms with Crippen LogP contribution in [0.3, 0.4) is 0 Å². The van der Waals surface area contributed by atoms with Crippen LogP contribution in [0.1, 0.15) is 5.56 Å². The van der Waals surface area contributed by atoms with E-state index in [4.69, 9.17) is 29.2 Å². The van der Waals surface area contributed by atoms with Gasteiger partial charge in [-0.15, -0.1) is 0 Å². The Bertz CT molecular complexity index is 410. The Hall–Kier alpha value is -0.360. The van der Waals surface area contributed by atoms with Crippen LogP contribution in [0.4, 0.5) is 5.69 Å². The van der Waals surface area contributed by atoms with Crippen molar-refractivity contribution in [1.29, 1.82) is 0 Å². The molecule has 0 aromatic heterocycles. The lowest BCUT2D eigenvalue weighted by Gasteiger charge is -2.24. The minimum absolute atomic E-state index is 0.713. The first-order valence-corrected chi connectivity index (χ1v) is 6.14. The first kappa shape index (κ1) is 13.7. The maximum atomic E-state index is 5.46. The number of anilines is 1. The van der Waals surface area contributed by atoms with Crippen molar-refractivity contribution in [3.63, 3.8) is 0 Å². The predicted molar refractivity (Wildman–Crippen MR) is 73.2 cm³/mol. The number of nitrogens with one attached hydrogen (secondary N) is 1. The second kappa shape index (κ2) is 6.39. The fourth-order valence-corrected chi connectivity index (χ4v) is 2.20. The molecule has 0 bridgehead atoms. The summed E-state index contributed by atoms with van der Waals surface area (Å²) in [7, 11) is 3.94. The average molecular weight is 258 g/mol. The zero-order chi connectivity index (χ0) is 12.1. The molecule has 1 rings (SSSR count). The first-order valence-electron chi connectivity index (χ1n) is 5.33. The Morgan fingerprint density at radius 2 is 1.94 bits per heavy atom. The highest BCUT2D eigenvalue weighted by atomic mass is 32.1. The van der Waals surface area contributed by atoms with E-state index in [1.807, 2.05) is 21.0 Å². The topological polar surface area (TPSA) is 24.5 Å². The molecule has 0 saturated carbocycles. The summed E-state index contributed by atoms with van der Waals surface area (Å²) >= 11 is 10.3. The van der Waals surface area contributed by atoms with Crippen LogP contribution in [-0.2, 0) is 4.74 Å². The van der Waals surface area contributed by atoms with Crippen LogP contribution in [0.2, 0.25) is 0 Å². The van der Waals surface area contributed by atoms with Crippen molar-refractivity contribution in [3.8, 4) is 0 Å². The predicted octanol–water partition coefficient (Wildman–Crippen LogP) is 2.00. The summed E-state index contributed by atoms with van der Waals surface area (Å²) in [6.45, 7) is 5.20. The van der Waals surface area contributed by atoms with Crippen LogP contribution in [0.25, 0.3) is 0 Å². The Balaban J connectivity index is 2.34. The molecule has 0 atom stereocenters. The molecule has 90 valence electrons. The van der Waals surface area contributed by atoms with Crippen LogP contribution >= 0.6 is 24.4 Å². The van der Waals surface area contributed by atoms with Gasteiger partial charge in [-0.25, -0.2) is 0 Å². The second-order valence-corrected chi connectivity index (χ2v) is 4.59. The molecule has 0 unspecified atom stereocenters. The van der Waals surface area contributed by atoms with Crippen LogP contribution in [0, 0.1) is 15.9 Å². The summed E-state index contributed by atoms with van der Waals surface area (Å²) < 4.78 is 7.12. The molecule has 0 spiro atoms. The summed E-state index contributed by atoms with van der Waals surface area (Å²) in [6.07, 6.45) is 0. The largest absolute Gasteiger partial charge is 0.378 e. The van der Waals surface area contributed by atoms with Gasteiger partial charge in [-0.3, -0.25) is 0 Å². The van der Waals surface area contributed by atoms with Gasteiger partial charge in [0.25, 0.3) is 0 Å². The van der Waals surface area contributed by atoms with E-state index in [0.29, 0.717) is 6.61 Å². The van der Waals surface area contributed by atoms with E-state index < -0.39 is 0 Å². The molecule has 1 N–H and O–H groups in total. The van der Waals surface area contributed by atoms with Gasteiger partial charge in [-0.05, 0) is 19.5 Å². The third-order valence-corrected chi connectivity index (χ3v) is 3.60. The third-order valence-electron chi connectivity index (χ3n) is 2.57. The van der Waals surface area contributed by atoms with Gasteiger partial charge in [0.05, 0.1) is 27.9 Å². The summed E-state index contributed by atoms with van der Waals surface area (Å²) in [5, 5.41) is 3.04. The molecule has 0 fully saturated rings. The summed E-state index contributed by atoms with van der Waals surface area (Å²) in [5.41, 5.74) is 2.25. The van der Waals surface area contributed by atoms with Gasteiger partial charge in [0.15, 0.2) is 0 Å². The Labute approximate surface area is 107 Å². The fourth-order valence-electron chi connectivity index (χ4n) is 1.54. The van der Waals surface area contributed by atoms with Crippen LogP contribution in [-0.4, -0.2) is 40.4 Å². The van der Waals surface area contributed by atoms with Gasteiger partial charge in [-0.1, -0.05) is 24.4 Å². The monoisotopic (exact) mass is 258 g/mol. The number of likely N-dealkylation sites (N-methyl/N-ethyl adjacent to an activating group) is 2. The smallest absolute Gasteiger partial charge is 0.0797 e. The van der Waals surface area contributed by atoms with Crippen molar-refractivity contribution in [1.82, 2.24) is 5.32 Å². The summed E-state index contributed by atoms with van der Waals surface area (Å²) in [4.78, 5) is 2.12. The molecule has 16 heavy (non-hydrogen) atoms. The molecule has 1 aromatic rings. The number of nitrogens with zero attached hydrogens (tertiary/aromatic N) is 1. The molecule has 0 aliphatic rings. The highest BCUT2D eigenvalue weighted by Crippen LogP contribution is 2.28. The maximum Gasteiger partial charge on any atom is 0.0797 e. The standard InChI is InChI=1S/C11H18N2OS2/c1-8-9(11(16)10(8)15)13(3)5-7-14-6-4-12-2/h12H,4-7H2,1-3H3. The molecule has 0 radical (unpaired) electrons. The van der Waals surface area contributed by atoms with E-state index in [-0.39, 0.29) is 0 Å². The maximum absolute atomic E-state index is 5.46. The molecule has 5 heteroatoms. The number of hydrogen-bond donors (Lipinski definition) is 1. The fraction of sp³-hybridized carbons (Fsp3) is 0.636. The number of hydrogen-bond acceptors (Lipinski definition) is 5. The zero-order valence-electron chi connectivity index (χ0n) is 10.0. The normalized spacial score (nSPS) is 10.9. The van der Waals surface area contributed by atoms with E-state index in [2.05, 4.69) is 10.2 Å². The summed E-state index contributed by atoms with van der Waals surface area (Å²) in [5.74, 6) is 0. The highest BCUT2D eigenvalue weighted by Gasteiger charge is 2.13. The Morgan fingerprint density at radius 1 is 1.25 bits per heavy atom. The third kappa shape index (κ3) is 3.07. The quantitative estimate of drug-likeness (QED) is 0.596. The number of ether oxygens (including phenoxy) is 1. The van der Waals surface area contributed by atoms with E-state index in [1.54, 1.807) is 0 Å². The van der Waals surface area contributed by atoms with Gasteiger partial charge < -0.3 is 15.0 Å². The number of rotatable bonds is 7. The molecule has 3 nitrogen and oxygen atoms in total. The Kier molecular flexibility index (Phi) is 5.48. The molecule has 0 heterocycles. The van der Waals surface area contributed by atoms with Gasteiger partial charge in [0.2, 0.25) is 0 Å². The van der Waals surface area contributed by atoms with Gasteiger partial charge in [0.1, 0.15) is 0 Å². The van der Waals surface area contributed by atoms with E-state index in [0.717, 1.165) is 40.0 Å². The van der Waals surface area contributed by atoms with E-state index >= 15 is 0 Å². The molecule has 0 aliphatic heterocycles. The molecule has 0 aliphatic carbocycles. The zero-order valence-corrected chi connectivity index (χ0v) is 11.6. The molecule has 0 saturated heterocycles. The van der Waals surface area contributed by atoms with Gasteiger partial charge in [-0.2, -0.15) is 0 Å². The lowest BCUT2D eigenvalue weighted by Crippen LogP contribution is -2.26. The van der Waals surface area contributed by atoms with Crippen molar-refractivity contribution in [2.75, 3.05) is 45.3 Å². The highest BCUT2D eigenvalue weighted by molar-refractivity contribution is 7.74. The molecule has 1 aromatic carbocycles. The van der Waals surface area contributed by atoms with Crippen molar-refractivity contribution in [2.24, 2.45) is 0 Å². The lowest BCUT2D eigenvalue weighted by molar-refractivity contribution is 0.144. The van der Waals surface area contributed by atoms with Crippen molar-refractivity contribution < 1.29 is 4.74 Å². The minimum Gasteiger partial charge on any atom is -0.378 e. The molecule has 0 amide bonds.